The Balaban J connectivity index is 1.67. The Kier molecular flexibility index (Phi) is 4.21. The molecule has 1 atom stereocenters. The molecule has 3 aromatic heterocycles. The van der Waals surface area contributed by atoms with Crippen molar-refractivity contribution < 1.29 is 27.0 Å². The first-order chi connectivity index (χ1) is 13.2. The van der Waals surface area contributed by atoms with E-state index in [0.717, 1.165) is 25.8 Å². The van der Waals surface area contributed by atoms with Crippen LogP contribution in [0.4, 0.5) is 17.6 Å². The standard InChI is InChI=1S/C17H15F4N5O2/c1-9(17(19,20)21)28-14-11(18)5-10(6-23-14)12-8-26-13(7-22-12)24-25-15(26)16(27-2)3-4-16/h5-9H,3-4H2,1-2H3/t9-/m1/s1. The van der Waals surface area contributed by atoms with Gasteiger partial charge in [-0.05, 0) is 25.8 Å². The first-order valence-electron chi connectivity index (χ1n) is 8.39. The molecule has 0 bridgehead atoms. The minimum absolute atomic E-state index is 0.272. The molecule has 0 aromatic carbocycles. The average Bonchev–Trinajstić information content (AvgIpc) is 3.33. The number of hydrogen-bond acceptors (Lipinski definition) is 6. The highest BCUT2D eigenvalue weighted by atomic mass is 19.4. The molecular weight excluding hydrogens is 382 g/mol. The lowest BCUT2D eigenvalue weighted by Gasteiger charge is -2.17. The van der Waals surface area contributed by atoms with Gasteiger partial charge in [0, 0.05) is 25.1 Å². The smallest absolute Gasteiger partial charge is 0.425 e. The highest BCUT2D eigenvalue weighted by Gasteiger charge is 2.49. The molecule has 148 valence electrons. The molecule has 0 unspecified atom stereocenters. The molecule has 4 rings (SSSR count). The summed E-state index contributed by atoms with van der Waals surface area (Å²) in [5.41, 5.74) is 0.623. The van der Waals surface area contributed by atoms with Crippen molar-refractivity contribution in [1.82, 2.24) is 24.6 Å². The Bertz CT molecular complexity index is 1030. The molecule has 28 heavy (non-hydrogen) atoms. The summed E-state index contributed by atoms with van der Waals surface area (Å²) < 4.78 is 63.8. The van der Waals surface area contributed by atoms with Gasteiger partial charge >= 0.3 is 6.18 Å². The van der Waals surface area contributed by atoms with Crippen LogP contribution in [-0.2, 0) is 10.3 Å². The number of rotatable bonds is 5. The van der Waals surface area contributed by atoms with Gasteiger partial charge in [0.15, 0.2) is 23.4 Å². The van der Waals surface area contributed by atoms with Gasteiger partial charge in [0.1, 0.15) is 5.60 Å². The fourth-order valence-electron chi connectivity index (χ4n) is 2.78. The number of alkyl halides is 3. The van der Waals surface area contributed by atoms with E-state index < -0.39 is 29.6 Å². The molecule has 11 heteroatoms. The van der Waals surface area contributed by atoms with Crippen molar-refractivity contribution in [3.8, 4) is 17.1 Å². The van der Waals surface area contributed by atoms with Crippen LogP contribution in [0.1, 0.15) is 25.6 Å². The van der Waals surface area contributed by atoms with E-state index >= 15 is 0 Å². The maximum absolute atomic E-state index is 14.2. The van der Waals surface area contributed by atoms with Gasteiger partial charge in [-0.15, -0.1) is 10.2 Å². The second kappa shape index (κ2) is 6.36. The normalized spacial score (nSPS) is 16.9. The summed E-state index contributed by atoms with van der Waals surface area (Å²) >= 11 is 0. The Morgan fingerprint density at radius 2 is 1.93 bits per heavy atom. The minimum Gasteiger partial charge on any atom is -0.463 e. The van der Waals surface area contributed by atoms with Gasteiger partial charge in [0.05, 0.1) is 11.9 Å². The molecule has 0 saturated heterocycles. The van der Waals surface area contributed by atoms with E-state index in [-0.39, 0.29) is 5.56 Å². The van der Waals surface area contributed by atoms with E-state index in [0.29, 0.717) is 17.2 Å². The third-order valence-corrected chi connectivity index (χ3v) is 4.65. The number of ether oxygens (including phenoxy) is 2. The Morgan fingerprint density at radius 1 is 1.18 bits per heavy atom. The molecule has 1 saturated carbocycles. The molecule has 1 aliphatic rings. The second-order valence-corrected chi connectivity index (χ2v) is 6.54. The largest absolute Gasteiger partial charge is 0.463 e. The quantitative estimate of drug-likeness (QED) is 0.615. The summed E-state index contributed by atoms with van der Waals surface area (Å²) in [7, 11) is 1.59. The van der Waals surface area contributed by atoms with Gasteiger partial charge in [-0.1, -0.05) is 0 Å². The van der Waals surface area contributed by atoms with Crippen molar-refractivity contribution in [2.24, 2.45) is 0 Å². The SMILES string of the molecule is COC1(c2nnc3cnc(-c4cnc(O[C@H](C)C(F)(F)F)c(F)c4)cn23)CC1. The van der Waals surface area contributed by atoms with Gasteiger partial charge in [-0.2, -0.15) is 13.2 Å². The Labute approximate surface area is 156 Å². The van der Waals surface area contributed by atoms with E-state index in [9.17, 15) is 17.6 Å². The van der Waals surface area contributed by atoms with Crippen molar-refractivity contribution in [2.45, 2.75) is 37.6 Å². The van der Waals surface area contributed by atoms with Crippen LogP contribution in [0.5, 0.6) is 5.88 Å². The minimum atomic E-state index is -4.62. The molecule has 1 aliphatic carbocycles. The molecule has 0 spiro atoms. The van der Waals surface area contributed by atoms with E-state index in [1.54, 1.807) is 17.7 Å². The summed E-state index contributed by atoms with van der Waals surface area (Å²) in [5.74, 6) is -1.13. The van der Waals surface area contributed by atoms with Crippen LogP contribution in [0.2, 0.25) is 0 Å². The van der Waals surface area contributed by atoms with Crippen LogP contribution in [0.3, 0.4) is 0 Å². The summed E-state index contributed by atoms with van der Waals surface area (Å²) in [4.78, 5) is 7.87. The van der Waals surface area contributed by atoms with Gasteiger partial charge in [0.2, 0.25) is 0 Å². The molecule has 0 amide bonds. The number of aromatic nitrogens is 5. The van der Waals surface area contributed by atoms with Crippen molar-refractivity contribution in [2.75, 3.05) is 7.11 Å². The third kappa shape index (κ3) is 3.15. The molecule has 0 N–H and O–H groups in total. The zero-order chi connectivity index (χ0) is 20.1. The molecular formula is C17H15F4N5O2. The molecule has 0 radical (unpaired) electrons. The van der Waals surface area contributed by atoms with Crippen LogP contribution in [-0.4, -0.2) is 44.0 Å². The Hall–Kier alpha value is -2.82. The second-order valence-electron chi connectivity index (χ2n) is 6.54. The monoisotopic (exact) mass is 397 g/mol. The van der Waals surface area contributed by atoms with Crippen LogP contribution in [0, 0.1) is 5.82 Å². The van der Waals surface area contributed by atoms with Crippen LogP contribution >= 0.6 is 0 Å². The highest BCUT2D eigenvalue weighted by Crippen LogP contribution is 2.47. The maximum Gasteiger partial charge on any atom is 0.425 e. The predicted molar refractivity (Wildman–Crippen MR) is 88.0 cm³/mol. The predicted octanol–water partition coefficient (Wildman–Crippen LogP) is 3.29. The molecule has 0 aliphatic heterocycles. The number of fused-ring (bicyclic) bond motifs is 1. The number of hydrogen-bond donors (Lipinski definition) is 0. The van der Waals surface area contributed by atoms with Gasteiger partial charge in [-0.25, -0.2) is 9.37 Å². The lowest BCUT2D eigenvalue weighted by atomic mass is 10.2. The lowest BCUT2D eigenvalue weighted by molar-refractivity contribution is -0.190. The molecule has 3 aromatic rings. The number of pyridine rings is 1. The number of nitrogens with zero attached hydrogens (tertiary/aromatic N) is 5. The van der Waals surface area contributed by atoms with Crippen molar-refractivity contribution in [1.29, 1.82) is 0 Å². The van der Waals surface area contributed by atoms with Gasteiger partial charge in [-0.3, -0.25) is 9.38 Å². The van der Waals surface area contributed by atoms with Crippen molar-refractivity contribution in [3.05, 3.63) is 36.3 Å². The van der Waals surface area contributed by atoms with Crippen LogP contribution < -0.4 is 4.74 Å². The summed E-state index contributed by atoms with van der Waals surface area (Å²) in [6.45, 7) is 0.779. The molecule has 3 heterocycles. The fraction of sp³-hybridized carbons (Fsp3) is 0.412. The number of methoxy groups -OCH3 is 1. The van der Waals surface area contributed by atoms with Crippen molar-refractivity contribution in [3.63, 3.8) is 0 Å². The lowest BCUT2D eigenvalue weighted by Crippen LogP contribution is -2.31. The highest BCUT2D eigenvalue weighted by molar-refractivity contribution is 5.59. The first kappa shape index (κ1) is 18.5. The van der Waals surface area contributed by atoms with Gasteiger partial charge in [0.25, 0.3) is 5.88 Å². The van der Waals surface area contributed by atoms with Crippen LogP contribution in [0.15, 0.2) is 24.7 Å². The van der Waals surface area contributed by atoms with E-state index in [1.807, 2.05) is 0 Å². The van der Waals surface area contributed by atoms with E-state index in [1.165, 1.54) is 12.4 Å². The van der Waals surface area contributed by atoms with E-state index in [2.05, 4.69) is 24.9 Å². The topological polar surface area (TPSA) is 74.4 Å². The number of halogens is 4. The molecule has 7 nitrogen and oxygen atoms in total. The zero-order valence-electron chi connectivity index (χ0n) is 14.9. The zero-order valence-corrected chi connectivity index (χ0v) is 14.9. The third-order valence-electron chi connectivity index (χ3n) is 4.65. The molecule has 1 fully saturated rings. The summed E-state index contributed by atoms with van der Waals surface area (Å²) in [6.07, 6.45) is -0.917. The van der Waals surface area contributed by atoms with Gasteiger partial charge < -0.3 is 9.47 Å². The summed E-state index contributed by atoms with van der Waals surface area (Å²) in [5, 5.41) is 8.20. The van der Waals surface area contributed by atoms with Crippen LogP contribution in [0.25, 0.3) is 16.9 Å². The van der Waals surface area contributed by atoms with Crippen molar-refractivity contribution >= 4 is 5.65 Å². The summed E-state index contributed by atoms with van der Waals surface area (Å²) in [6, 6.07) is 1.02. The fourth-order valence-corrected chi connectivity index (χ4v) is 2.78. The Morgan fingerprint density at radius 3 is 2.54 bits per heavy atom. The maximum atomic E-state index is 14.2. The van der Waals surface area contributed by atoms with E-state index in [4.69, 9.17) is 4.74 Å². The average molecular weight is 397 g/mol. The first-order valence-corrected chi connectivity index (χ1v) is 8.39.